The van der Waals surface area contributed by atoms with Gasteiger partial charge < -0.3 is 10.6 Å². The molecule has 2 aromatic carbocycles. The maximum Gasteiger partial charge on any atom is 0.234 e. The molecular formula is C19H22N2O. The number of carbonyl (C=O) groups excluding carboxylic acids is 1. The third kappa shape index (κ3) is 2.71. The highest BCUT2D eigenvalue weighted by atomic mass is 16.2. The summed E-state index contributed by atoms with van der Waals surface area (Å²) in [6.07, 6.45) is 2.10. The van der Waals surface area contributed by atoms with E-state index in [2.05, 4.69) is 16.7 Å². The molecule has 0 unspecified atom stereocenters. The van der Waals surface area contributed by atoms with Crippen molar-refractivity contribution >= 4 is 17.3 Å². The Balaban J connectivity index is 1.86. The SMILES string of the molecule is CC(C)(C(=O)Nc1cccc2c1CCCN2)c1ccccc1. The van der Waals surface area contributed by atoms with Gasteiger partial charge in [-0.1, -0.05) is 36.4 Å². The summed E-state index contributed by atoms with van der Waals surface area (Å²) >= 11 is 0. The van der Waals surface area contributed by atoms with Crippen LogP contribution in [0.4, 0.5) is 11.4 Å². The molecule has 0 aromatic heterocycles. The van der Waals surface area contributed by atoms with E-state index < -0.39 is 5.41 Å². The first kappa shape index (κ1) is 14.6. The van der Waals surface area contributed by atoms with Crippen LogP contribution in [0, 0.1) is 0 Å². The van der Waals surface area contributed by atoms with Gasteiger partial charge in [0.15, 0.2) is 0 Å². The molecule has 0 aliphatic carbocycles. The standard InChI is InChI=1S/C19H22N2O/c1-19(2,14-8-4-3-5-9-14)18(22)21-17-12-6-11-16-15(17)10-7-13-20-16/h3-6,8-9,11-12,20H,7,10,13H2,1-2H3,(H,21,22). The van der Waals surface area contributed by atoms with Gasteiger partial charge in [0.25, 0.3) is 0 Å². The summed E-state index contributed by atoms with van der Waals surface area (Å²) in [7, 11) is 0. The molecule has 0 bridgehead atoms. The molecule has 0 fully saturated rings. The second kappa shape index (κ2) is 5.84. The van der Waals surface area contributed by atoms with Crippen LogP contribution in [-0.4, -0.2) is 12.5 Å². The lowest BCUT2D eigenvalue weighted by molar-refractivity contribution is -0.120. The van der Waals surface area contributed by atoms with Crippen LogP contribution in [-0.2, 0) is 16.6 Å². The highest BCUT2D eigenvalue weighted by Gasteiger charge is 2.30. The Bertz CT molecular complexity index is 677. The number of hydrogen-bond donors (Lipinski definition) is 2. The van der Waals surface area contributed by atoms with Crippen LogP contribution in [0.1, 0.15) is 31.4 Å². The predicted octanol–water partition coefficient (Wildman–Crippen LogP) is 3.96. The van der Waals surface area contributed by atoms with E-state index in [-0.39, 0.29) is 5.91 Å². The van der Waals surface area contributed by atoms with E-state index in [0.29, 0.717) is 0 Å². The fourth-order valence-corrected chi connectivity index (χ4v) is 2.89. The van der Waals surface area contributed by atoms with Gasteiger partial charge in [0.05, 0.1) is 5.41 Å². The lowest BCUT2D eigenvalue weighted by atomic mass is 9.83. The van der Waals surface area contributed by atoms with Crippen molar-refractivity contribution in [2.75, 3.05) is 17.2 Å². The highest BCUT2D eigenvalue weighted by molar-refractivity contribution is 5.99. The molecule has 114 valence electrons. The quantitative estimate of drug-likeness (QED) is 0.899. The molecule has 22 heavy (non-hydrogen) atoms. The van der Waals surface area contributed by atoms with E-state index in [9.17, 15) is 4.79 Å². The molecule has 3 heteroatoms. The van der Waals surface area contributed by atoms with Crippen LogP contribution in [0.5, 0.6) is 0 Å². The number of carbonyl (C=O) groups is 1. The third-order valence-electron chi connectivity index (χ3n) is 4.41. The van der Waals surface area contributed by atoms with Crippen LogP contribution in [0.25, 0.3) is 0 Å². The number of anilines is 2. The monoisotopic (exact) mass is 294 g/mol. The van der Waals surface area contributed by atoms with Gasteiger partial charge in [-0.2, -0.15) is 0 Å². The van der Waals surface area contributed by atoms with Crippen LogP contribution < -0.4 is 10.6 Å². The maximum atomic E-state index is 12.8. The van der Waals surface area contributed by atoms with Crippen molar-refractivity contribution in [1.29, 1.82) is 0 Å². The van der Waals surface area contributed by atoms with Crippen LogP contribution in [0.2, 0.25) is 0 Å². The molecule has 0 radical (unpaired) electrons. The molecule has 1 aliphatic heterocycles. The van der Waals surface area contributed by atoms with Crippen molar-refractivity contribution in [1.82, 2.24) is 0 Å². The molecule has 1 heterocycles. The number of hydrogen-bond acceptors (Lipinski definition) is 2. The second-order valence-electron chi connectivity index (χ2n) is 6.31. The molecule has 0 saturated heterocycles. The molecule has 3 nitrogen and oxygen atoms in total. The van der Waals surface area contributed by atoms with Gasteiger partial charge in [0.2, 0.25) is 5.91 Å². The fraction of sp³-hybridized carbons (Fsp3) is 0.316. The summed E-state index contributed by atoms with van der Waals surface area (Å²) in [6, 6.07) is 16.0. The molecule has 0 spiro atoms. The zero-order valence-electron chi connectivity index (χ0n) is 13.1. The average Bonchev–Trinajstić information content (AvgIpc) is 2.56. The first-order valence-electron chi connectivity index (χ1n) is 7.82. The lowest BCUT2D eigenvalue weighted by Crippen LogP contribution is -2.35. The van der Waals surface area contributed by atoms with E-state index in [1.807, 2.05) is 56.3 Å². The van der Waals surface area contributed by atoms with Gasteiger partial charge in [-0.15, -0.1) is 0 Å². The van der Waals surface area contributed by atoms with E-state index >= 15 is 0 Å². The van der Waals surface area contributed by atoms with Crippen molar-refractivity contribution in [3.63, 3.8) is 0 Å². The van der Waals surface area contributed by atoms with Gasteiger partial charge in [-0.3, -0.25) is 4.79 Å². The first-order chi connectivity index (χ1) is 10.6. The molecule has 2 aromatic rings. The Morgan fingerprint density at radius 3 is 2.64 bits per heavy atom. The van der Waals surface area contributed by atoms with Gasteiger partial charge >= 0.3 is 0 Å². The van der Waals surface area contributed by atoms with Gasteiger partial charge in [0, 0.05) is 17.9 Å². The van der Waals surface area contributed by atoms with E-state index in [4.69, 9.17) is 0 Å². The minimum absolute atomic E-state index is 0.0256. The van der Waals surface area contributed by atoms with Crippen LogP contribution >= 0.6 is 0 Å². The van der Waals surface area contributed by atoms with Crippen LogP contribution in [0.15, 0.2) is 48.5 Å². The number of fused-ring (bicyclic) bond motifs is 1. The molecular weight excluding hydrogens is 272 g/mol. The Labute approximate surface area is 131 Å². The minimum atomic E-state index is -0.563. The summed E-state index contributed by atoms with van der Waals surface area (Å²) < 4.78 is 0. The first-order valence-corrected chi connectivity index (χ1v) is 7.82. The Hall–Kier alpha value is -2.29. The molecule has 1 aliphatic rings. The molecule has 3 rings (SSSR count). The summed E-state index contributed by atoms with van der Waals surface area (Å²) in [4.78, 5) is 12.8. The zero-order valence-corrected chi connectivity index (χ0v) is 13.1. The number of amides is 1. The maximum absolute atomic E-state index is 12.8. The highest BCUT2D eigenvalue weighted by Crippen LogP contribution is 2.31. The minimum Gasteiger partial charge on any atom is -0.385 e. The fourth-order valence-electron chi connectivity index (χ4n) is 2.89. The van der Waals surface area contributed by atoms with Gasteiger partial charge in [-0.25, -0.2) is 0 Å². The predicted molar refractivity (Wildman–Crippen MR) is 91.4 cm³/mol. The van der Waals surface area contributed by atoms with Crippen molar-refractivity contribution < 1.29 is 4.79 Å². The summed E-state index contributed by atoms with van der Waals surface area (Å²) in [5, 5.41) is 6.53. The van der Waals surface area contributed by atoms with E-state index in [0.717, 1.165) is 36.3 Å². The molecule has 1 amide bonds. The smallest absolute Gasteiger partial charge is 0.234 e. The molecule has 0 atom stereocenters. The normalized spacial score (nSPS) is 13.9. The van der Waals surface area contributed by atoms with Gasteiger partial charge in [-0.05, 0) is 49.9 Å². The van der Waals surface area contributed by atoms with Crippen LogP contribution in [0.3, 0.4) is 0 Å². The molecule has 2 N–H and O–H groups in total. The Kier molecular flexibility index (Phi) is 3.88. The number of rotatable bonds is 3. The average molecular weight is 294 g/mol. The second-order valence-corrected chi connectivity index (χ2v) is 6.31. The summed E-state index contributed by atoms with van der Waals surface area (Å²) in [5.41, 5.74) is 3.74. The van der Waals surface area contributed by atoms with E-state index in [1.165, 1.54) is 5.56 Å². The summed E-state index contributed by atoms with van der Waals surface area (Å²) in [5.74, 6) is 0.0256. The number of benzene rings is 2. The van der Waals surface area contributed by atoms with Crippen molar-refractivity contribution in [2.24, 2.45) is 0 Å². The number of nitrogens with one attached hydrogen (secondary N) is 2. The summed E-state index contributed by atoms with van der Waals surface area (Å²) in [6.45, 7) is 4.93. The van der Waals surface area contributed by atoms with Crippen molar-refractivity contribution in [3.8, 4) is 0 Å². The van der Waals surface area contributed by atoms with E-state index in [1.54, 1.807) is 0 Å². The van der Waals surface area contributed by atoms with Crippen molar-refractivity contribution in [2.45, 2.75) is 32.1 Å². The van der Waals surface area contributed by atoms with Crippen molar-refractivity contribution in [3.05, 3.63) is 59.7 Å². The third-order valence-corrected chi connectivity index (χ3v) is 4.41. The Morgan fingerprint density at radius 2 is 1.86 bits per heavy atom. The molecule has 0 saturated carbocycles. The largest absolute Gasteiger partial charge is 0.385 e. The zero-order chi connectivity index (χ0) is 15.6. The topological polar surface area (TPSA) is 41.1 Å². The lowest BCUT2D eigenvalue weighted by Gasteiger charge is -2.26. The van der Waals surface area contributed by atoms with Gasteiger partial charge in [0.1, 0.15) is 0 Å². The Morgan fingerprint density at radius 1 is 1.09 bits per heavy atom.